The number of rotatable bonds is 4. The maximum Gasteiger partial charge on any atom is 0.236 e. The highest BCUT2D eigenvalue weighted by atomic mass is 16.4. The van der Waals surface area contributed by atoms with E-state index >= 15 is 0 Å². The maximum absolute atomic E-state index is 12.9. The molecular weight excluding hydrogens is 356 g/mol. The van der Waals surface area contributed by atoms with E-state index in [1.807, 2.05) is 47.1 Å². The lowest BCUT2D eigenvalue weighted by Gasteiger charge is -2.41. The number of aromatic nitrogens is 1. The van der Waals surface area contributed by atoms with E-state index in [0.29, 0.717) is 37.0 Å². The van der Waals surface area contributed by atoms with E-state index in [-0.39, 0.29) is 24.3 Å². The number of carbonyl (C=O) groups excluding carboxylic acids is 2. The van der Waals surface area contributed by atoms with E-state index in [1.54, 1.807) is 0 Å². The Morgan fingerprint density at radius 3 is 2.89 bits per heavy atom. The van der Waals surface area contributed by atoms with Gasteiger partial charge >= 0.3 is 0 Å². The molecule has 28 heavy (non-hydrogen) atoms. The predicted molar refractivity (Wildman–Crippen MR) is 105 cm³/mol. The maximum atomic E-state index is 12.9. The van der Waals surface area contributed by atoms with Crippen molar-refractivity contribution in [2.24, 2.45) is 0 Å². The molecule has 0 aliphatic carbocycles. The van der Waals surface area contributed by atoms with Crippen LogP contribution in [-0.4, -0.2) is 65.4 Å². The number of hydrogen-bond acceptors (Lipinski definition) is 5. The smallest absolute Gasteiger partial charge is 0.236 e. The second-order valence-electron chi connectivity index (χ2n) is 7.46. The molecule has 2 aromatic rings. The van der Waals surface area contributed by atoms with Crippen LogP contribution in [0.5, 0.6) is 0 Å². The van der Waals surface area contributed by atoms with Crippen LogP contribution >= 0.6 is 0 Å². The Hall–Kier alpha value is -2.67. The van der Waals surface area contributed by atoms with Crippen LogP contribution in [0.4, 0.5) is 0 Å². The van der Waals surface area contributed by atoms with Gasteiger partial charge < -0.3 is 19.5 Å². The molecule has 4 rings (SSSR count). The van der Waals surface area contributed by atoms with Crippen LogP contribution in [0.1, 0.15) is 24.3 Å². The van der Waals surface area contributed by atoms with Gasteiger partial charge in [0.15, 0.2) is 0 Å². The Morgan fingerprint density at radius 1 is 1.29 bits per heavy atom. The highest BCUT2D eigenvalue weighted by molar-refractivity contribution is 5.80. The molecule has 2 saturated heterocycles. The van der Waals surface area contributed by atoms with E-state index in [9.17, 15) is 9.59 Å². The predicted octanol–water partition coefficient (Wildman–Crippen LogP) is 1.62. The number of benzene rings is 1. The topological polar surface area (TPSA) is 78.7 Å². The molecule has 0 spiro atoms. The zero-order valence-corrected chi connectivity index (χ0v) is 16.2. The average Bonchev–Trinajstić information content (AvgIpc) is 3.09. The molecule has 1 aromatic heterocycles. The van der Waals surface area contributed by atoms with E-state index < -0.39 is 0 Å². The molecule has 148 valence electrons. The number of nitrogens with zero attached hydrogens (tertiary/aromatic N) is 3. The van der Waals surface area contributed by atoms with Crippen molar-refractivity contribution in [3.05, 3.63) is 41.8 Å². The fourth-order valence-electron chi connectivity index (χ4n) is 3.99. The molecule has 1 aromatic carbocycles. The van der Waals surface area contributed by atoms with Gasteiger partial charge in [0.05, 0.1) is 18.7 Å². The molecular formula is C21H26N4O3. The van der Waals surface area contributed by atoms with Crippen LogP contribution in [0.2, 0.25) is 0 Å². The Bertz CT molecular complexity index is 849. The zero-order chi connectivity index (χ0) is 19.5. The van der Waals surface area contributed by atoms with Gasteiger partial charge in [-0.05, 0) is 31.9 Å². The first-order valence-corrected chi connectivity index (χ1v) is 9.91. The summed E-state index contributed by atoms with van der Waals surface area (Å²) in [6, 6.07) is 9.81. The van der Waals surface area contributed by atoms with Crippen LogP contribution in [0.25, 0.3) is 11.5 Å². The summed E-state index contributed by atoms with van der Waals surface area (Å²) in [5, 5.41) is 3.10. The van der Waals surface area contributed by atoms with Crippen molar-refractivity contribution >= 4 is 11.8 Å². The van der Waals surface area contributed by atoms with Gasteiger partial charge in [0.25, 0.3) is 0 Å². The Kier molecular flexibility index (Phi) is 5.43. The third-order valence-electron chi connectivity index (χ3n) is 5.55. The first-order chi connectivity index (χ1) is 13.6. The van der Waals surface area contributed by atoms with Crippen molar-refractivity contribution in [3.8, 4) is 11.5 Å². The van der Waals surface area contributed by atoms with Crippen molar-refractivity contribution in [1.82, 2.24) is 20.1 Å². The van der Waals surface area contributed by atoms with Gasteiger partial charge in [0.1, 0.15) is 5.76 Å². The van der Waals surface area contributed by atoms with Crippen molar-refractivity contribution in [3.63, 3.8) is 0 Å². The summed E-state index contributed by atoms with van der Waals surface area (Å²) in [5.41, 5.74) is 1.59. The summed E-state index contributed by atoms with van der Waals surface area (Å²) in [4.78, 5) is 33.4. The lowest BCUT2D eigenvalue weighted by Crippen LogP contribution is -2.57. The molecule has 2 aliphatic heterocycles. The summed E-state index contributed by atoms with van der Waals surface area (Å²) in [6.45, 7) is 5.11. The standard InChI is InChI=1S/C21H26N4O3/c1-15-18(23-21(28-15)16-6-3-2-4-7-16)12-19(26)24-10-5-8-17(14-24)25-11-9-22-13-20(25)27/h2-4,6-7,17,22H,5,8-14H2,1H3. The number of likely N-dealkylation sites (tertiary alicyclic amines) is 1. The monoisotopic (exact) mass is 382 g/mol. The molecule has 0 saturated carbocycles. The zero-order valence-electron chi connectivity index (χ0n) is 16.2. The minimum Gasteiger partial charge on any atom is -0.441 e. The molecule has 1 atom stereocenters. The number of oxazole rings is 1. The van der Waals surface area contributed by atoms with E-state index in [1.165, 1.54) is 0 Å². The lowest BCUT2D eigenvalue weighted by molar-refractivity contribution is -0.140. The Morgan fingerprint density at radius 2 is 2.11 bits per heavy atom. The van der Waals surface area contributed by atoms with Crippen molar-refractivity contribution in [1.29, 1.82) is 0 Å². The third-order valence-corrected chi connectivity index (χ3v) is 5.55. The summed E-state index contributed by atoms with van der Waals surface area (Å²) in [6.07, 6.45) is 2.10. The molecule has 1 unspecified atom stereocenters. The minimum atomic E-state index is 0.0447. The normalized spacial score (nSPS) is 20.5. The number of piperazine rings is 1. The largest absolute Gasteiger partial charge is 0.441 e. The van der Waals surface area contributed by atoms with E-state index in [2.05, 4.69) is 10.3 Å². The van der Waals surface area contributed by atoms with Crippen molar-refractivity contribution < 1.29 is 14.0 Å². The summed E-state index contributed by atoms with van der Waals surface area (Å²) < 4.78 is 5.78. The van der Waals surface area contributed by atoms with Gasteiger partial charge in [-0.25, -0.2) is 4.98 Å². The fourth-order valence-corrected chi connectivity index (χ4v) is 3.99. The lowest BCUT2D eigenvalue weighted by atomic mass is 10.0. The molecule has 3 heterocycles. The number of carbonyl (C=O) groups is 2. The molecule has 0 radical (unpaired) electrons. The third kappa shape index (κ3) is 3.94. The molecule has 0 bridgehead atoms. The summed E-state index contributed by atoms with van der Waals surface area (Å²) in [7, 11) is 0. The van der Waals surface area contributed by atoms with Crippen molar-refractivity contribution in [2.75, 3.05) is 32.7 Å². The second kappa shape index (κ2) is 8.14. The molecule has 7 heteroatoms. The van der Waals surface area contributed by atoms with Gasteiger partial charge in [-0.15, -0.1) is 0 Å². The number of amides is 2. The number of piperidine rings is 1. The Labute approximate surface area is 164 Å². The second-order valence-corrected chi connectivity index (χ2v) is 7.46. The molecule has 1 N–H and O–H groups in total. The number of nitrogens with one attached hydrogen (secondary N) is 1. The van der Waals surface area contributed by atoms with Crippen LogP contribution in [0.3, 0.4) is 0 Å². The quantitative estimate of drug-likeness (QED) is 0.869. The van der Waals surface area contributed by atoms with Crippen molar-refractivity contribution in [2.45, 2.75) is 32.2 Å². The highest BCUT2D eigenvalue weighted by Crippen LogP contribution is 2.23. The number of hydrogen-bond donors (Lipinski definition) is 1. The fraction of sp³-hybridized carbons (Fsp3) is 0.476. The SMILES string of the molecule is Cc1oc(-c2ccccc2)nc1CC(=O)N1CCCC(N2CCNCC2=O)C1. The van der Waals surface area contributed by atoms with Crippen LogP contribution < -0.4 is 5.32 Å². The van der Waals surface area contributed by atoms with Gasteiger partial charge in [-0.1, -0.05) is 18.2 Å². The van der Waals surface area contributed by atoms with Crippen LogP contribution in [0, 0.1) is 6.92 Å². The summed E-state index contributed by atoms with van der Waals surface area (Å²) in [5.74, 6) is 1.40. The Balaban J connectivity index is 1.42. The van der Waals surface area contributed by atoms with E-state index in [4.69, 9.17) is 4.42 Å². The first-order valence-electron chi connectivity index (χ1n) is 9.91. The minimum absolute atomic E-state index is 0.0447. The molecule has 2 amide bonds. The molecule has 2 aliphatic rings. The van der Waals surface area contributed by atoms with Gasteiger partial charge in [-0.2, -0.15) is 0 Å². The number of aryl methyl sites for hydroxylation is 1. The first kappa shape index (κ1) is 18.7. The van der Waals surface area contributed by atoms with Gasteiger partial charge in [0.2, 0.25) is 17.7 Å². The molecule has 2 fully saturated rings. The van der Waals surface area contributed by atoms with Crippen LogP contribution in [0.15, 0.2) is 34.7 Å². The molecule has 7 nitrogen and oxygen atoms in total. The summed E-state index contributed by atoms with van der Waals surface area (Å²) >= 11 is 0. The van der Waals surface area contributed by atoms with Gasteiger partial charge in [-0.3, -0.25) is 9.59 Å². The van der Waals surface area contributed by atoms with Gasteiger partial charge in [0, 0.05) is 37.8 Å². The van der Waals surface area contributed by atoms with E-state index in [0.717, 1.165) is 31.5 Å². The van der Waals surface area contributed by atoms with Crippen LogP contribution in [-0.2, 0) is 16.0 Å². The average molecular weight is 382 g/mol. The highest BCUT2D eigenvalue weighted by Gasteiger charge is 2.32.